The van der Waals surface area contributed by atoms with Crippen molar-refractivity contribution in [2.45, 2.75) is 56.9 Å². The quantitative estimate of drug-likeness (QED) is 0.555. The fourth-order valence-electron chi connectivity index (χ4n) is 5.56. The maximum absolute atomic E-state index is 12.5. The topological polar surface area (TPSA) is 93.1 Å². The molecule has 4 heterocycles. The lowest BCUT2D eigenvalue weighted by Crippen LogP contribution is -2.63. The van der Waals surface area contributed by atoms with Gasteiger partial charge in [0.1, 0.15) is 5.70 Å². The summed E-state index contributed by atoms with van der Waals surface area (Å²) in [5.41, 5.74) is 0.157. The first-order valence-electron chi connectivity index (χ1n) is 11.0. The molecule has 0 aromatic rings. The molecule has 0 radical (unpaired) electrons. The van der Waals surface area contributed by atoms with Crippen molar-refractivity contribution in [2.24, 2.45) is 17.8 Å². The molecule has 0 saturated carbocycles. The van der Waals surface area contributed by atoms with Crippen molar-refractivity contribution in [1.82, 2.24) is 15.1 Å². The van der Waals surface area contributed by atoms with Gasteiger partial charge in [-0.1, -0.05) is 6.92 Å². The standard InChI is InChI=1S/C21H33N3O4S/c1-12-17-16(13(2)25)20(26)24(17)18(21(27)28)19(12)29-15-4-3-9-23(11-15)10-14-5-7-22-8-6-14/h12-17,22,25H,3-11H2,1-2H3,(H,27,28)/t12-,13?,15-,16-,17-/m1/s1. The lowest BCUT2D eigenvalue weighted by atomic mass is 9.79. The molecule has 3 saturated heterocycles. The van der Waals surface area contributed by atoms with E-state index in [4.69, 9.17) is 0 Å². The van der Waals surface area contributed by atoms with Gasteiger partial charge in [0.05, 0.1) is 18.1 Å². The van der Waals surface area contributed by atoms with Crippen LogP contribution in [0.25, 0.3) is 0 Å². The Morgan fingerprint density at radius 1 is 1.31 bits per heavy atom. The molecule has 29 heavy (non-hydrogen) atoms. The van der Waals surface area contributed by atoms with Crippen molar-refractivity contribution in [1.29, 1.82) is 0 Å². The minimum absolute atomic E-state index is 0.0387. The Morgan fingerprint density at radius 3 is 2.69 bits per heavy atom. The summed E-state index contributed by atoms with van der Waals surface area (Å²) in [6, 6.07) is -0.217. The van der Waals surface area contributed by atoms with Gasteiger partial charge in [0.25, 0.3) is 0 Å². The van der Waals surface area contributed by atoms with Crippen LogP contribution in [0.4, 0.5) is 0 Å². The van der Waals surface area contributed by atoms with E-state index in [1.54, 1.807) is 18.7 Å². The van der Waals surface area contributed by atoms with Crippen LogP contribution in [0.3, 0.4) is 0 Å². The predicted molar refractivity (Wildman–Crippen MR) is 112 cm³/mol. The number of β-lactam (4-membered cyclic amide) rings is 1. The van der Waals surface area contributed by atoms with Crippen LogP contribution in [-0.4, -0.2) is 82.0 Å². The van der Waals surface area contributed by atoms with Gasteiger partial charge >= 0.3 is 5.97 Å². The lowest BCUT2D eigenvalue weighted by Gasteiger charge is -2.46. The number of carboxylic acid groups (broad SMARTS) is 1. The second kappa shape index (κ2) is 8.57. The first-order valence-corrected chi connectivity index (χ1v) is 11.8. The molecule has 5 atom stereocenters. The Balaban J connectivity index is 1.44. The van der Waals surface area contributed by atoms with Gasteiger partial charge in [-0.2, -0.15) is 0 Å². The van der Waals surface area contributed by atoms with Crippen LogP contribution in [0, 0.1) is 17.8 Å². The number of fused-ring (bicyclic) bond motifs is 1. The summed E-state index contributed by atoms with van der Waals surface area (Å²) in [4.78, 5) is 29.3. The van der Waals surface area contributed by atoms with E-state index in [1.165, 1.54) is 17.7 Å². The van der Waals surface area contributed by atoms with Crippen LogP contribution in [0.2, 0.25) is 0 Å². The number of thioether (sulfide) groups is 1. The van der Waals surface area contributed by atoms with E-state index in [1.807, 2.05) is 6.92 Å². The van der Waals surface area contributed by atoms with E-state index in [0.717, 1.165) is 56.4 Å². The number of nitrogens with zero attached hydrogens (tertiary/aromatic N) is 2. The number of nitrogens with one attached hydrogen (secondary N) is 1. The molecule has 4 rings (SSSR count). The summed E-state index contributed by atoms with van der Waals surface area (Å²) < 4.78 is 0. The number of aliphatic hydroxyl groups is 1. The van der Waals surface area contributed by atoms with Crippen molar-refractivity contribution in [3.05, 3.63) is 10.6 Å². The highest BCUT2D eigenvalue weighted by atomic mass is 32.2. The van der Waals surface area contributed by atoms with E-state index in [-0.39, 0.29) is 23.6 Å². The number of carbonyl (C=O) groups is 2. The number of likely N-dealkylation sites (tertiary alicyclic amines) is 1. The molecule has 1 unspecified atom stereocenters. The second-order valence-corrected chi connectivity index (χ2v) is 10.4. The number of rotatable bonds is 6. The molecule has 0 bridgehead atoms. The molecular formula is C21H33N3O4S. The molecule has 4 aliphatic rings. The van der Waals surface area contributed by atoms with Crippen molar-refractivity contribution < 1.29 is 19.8 Å². The fourth-order valence-corrected chi connectivity index (χ4v) is 7.14. The highest BCUT2D eigenvalue weighted by Crippen LogP contribution is 2.51. The molecule has 162 valence electrons. The van der Waals surface area contributed by atoms with Crippen LogP contribution >= 0.6 is 11.8 Å². The molecule has 0 aromatic heterocycles. The Labute approximate surface area is 176 Å². The number of aliphatic carboxylic acids is 1. The van der Waals surface area contributed by atoms with E-state index < -0.39 is 18.0 Å². The van der Waals surface area contributed by atoms with Crippen LogP contribution in [0.5, 0.6) is 0 Å². The van der Waals surface area contributed by atoms with E-state index in [0.29, 0.717) is 5.25 Å². The zero-order valence-corrected chi connectivity index (χ0v) is 18.2. The SMILES string of the molecule is CC(O)[C@H]1C(=O)N2C(C(=O)O)=C(S[C@@H]3CCCN(CC4CCNCC4)C3)[C@H](C)[C@H]12. The number of amides is 1. The van der Waals surface area contributed by atoms with Gasteiger partial charge < -0.3 is 25.3 Å². The van der Waals surface area contributed by atoms with Gasteiger partial charge in [-0.3, -0.25) is 4.79 Å². The first-order chi connectivity index (χ1) is 13.9. The summed E-state index contributed by atoms with van der Waals surface area (Å²) in [5, 5.41) is 23.6. The summed E-state index contributed by atoms with van der Waals surface area (Å²) in [6.45, 7) is 9.09. The zero-order chi connectivity index (χ0) is 20.7. The van der Waals surface area contributed by atoms with Crippen LogP contribution in [0.1, 0.15) is 39.5 Å². The third kappa shape index (κ3) is 3.96. The third-order valence-corrected chi connectivity index (χ3v) is 8.58. The molecule has 3 fully saturated rings. The average molecular weight is 424 g/mol. The predicted octanol–water partition coefficient (Wildman–Crippen LogP) is 1.34. The van der Waals surface area contributed by atoms with Gasteiger partial charge in [0.2, 0.25) is 5.91 Å². The van der Waals surface area contributed by atoms with Gasteiger partial charge in [0, 0.05) is 29.2 Å². The van der Waals surface area contributed by atoms with Crippen molar-refractivity contribution in [2.75, 3.05) is 32.7 Å². The molecule has 0 spiro atoms. The molecule has 3 N–H and O–H groups in total. The number of hydrogen-bond donors (Lipinski definition) is 3. The highest BCUT2D eigenvalue weighted by molar-refractivity contribution is 8.03. The van der Waals surface area contributed by atoms with Gasteiger partial charge in [-0.05, 0) is 58.2 Å². The number of hydrogen-bond acceptors (Lipinski definition) is 6. The number of aliphatic hydroxyl groups excluding tert-OH is 1. The van der Waals surface area contributed by atoms with E-state index in [9.17, 15) is 19.8 Å². The van der Waals surface area contributed by atoms with Gasteiger partial charge in [-0.25, -0.2) is 4.79 Å². The van der Waals surface area contributed by atoms with Gasteiger partial charge in [-0.15, -0.1) is 11.8 Å². The Morgan fingerprint density at radius 2 is 2.03 bits per heavy atom. The molecule has 8 heteroatoms. The Kier molecular flexibility index (Phi) is 6.25. The lowest BCUT2D eigenvalue weighted by molar-refractivity contribution is -0.163. The Bertz CT molecular complexity index is 691. The van der Waals surface area contributed by atoms with Crippen LogP contribution < -0.4 is 5.32 Å². The van der Waals surface area contributed by atoms with Crippen molar-refractivity contribution >= 4 is 23.6 Å². The largest absolute Gasteiger partial charge is 0.477 e. The van der Waals surface area contributed by atoms with Crippen LogP contribution in [-0.2, 0) is 9.59 Å². The summed E-state index contributed by atoms with van der Waals surface area (Å²) in [5.74, 6) is -1.04. The summed E-state index contributed by atoms with van der Waals surface area (Å²) in [7, 11) is 0. The molecule has 7 nitrogen and oxygen atoms in total. The maximum Gasteiger partial charge on any atom is 0.353 e. The van der Waals surface area contributed by atoms with Crippen molar-refractivity contribution in [3.8, 4) is 0 Å². The minimum atomic E-state index is -1.03. The minimum Gasteiger partial charge on any atom is -0.477 e. The summed E-state index contributed by atoms with van der Waals surface area (Å²) >= 11 is 1.67. The smallest absolute Gasteiger partial charge is 0.353 e. The first kappa shape index (κ1) is 21.2. The normalized spacial score (nSPS) is 34.9. The monoisotopic (exact) mass is 423 g/mol. The fraction of sp³-hybridized carbons (Fsp3) is 0.810. The maximum atomic E-state index is 12.5. The van der Waals surface area contributed by atoms with Crippen LogP contribution in [0.15, 0.2) is 10.6 Å². The zero-order valence-electron chi connectivity index (χ0n) is 17.3. The Hall–Kier alpha value is -1.09. The third-order valence-electron chi connectivity index (χ3n) is 7.04. The molecule has 1 amide bonds. The molecule has 0 aromatic carbocycles. The molecule has 4 aliphatic heterocycles. The molecule has 0 aliphatic carbocycles. The molecular weight excluding hydrogens is 390 g/mol. The highest BCUT2D eigenvalue weighted by Gasteiger charge is 2.60. The van der Waals surface area contributed by atoms with Crippen molar-refractivity contribution in [3.63, 3.8) is 0 Å². The number of carbonyl (C=O) groups excluding carboxylic acids is 1. The number of carboxylic acids is 1. The van der Waals surface area contributed by atoms with Gasteiger partial charge in [0.15, 0.2) is 0 Å². The average Bonchev–Trinajstić information content (AvgIpc) is 2.91. The van der Waals surface area contributed by atoms with E-state index >= 15 is 0 Å². The van der Waals surface area contributed by atoms with E-state index in [2.05, 4.69) is 10.2 Å². The summed E-state index contributed by atoms with van der Waals surface area (Å²) in [6.07, 6.45) is 3.93. The second-order valence-electron chi connectivity index (χ2n) is 9.11. The number of piperidine rings is 2.